The van der Waals surface area contributed by atoms with Gasteiger partial charge in [0.1, 0.15) is 0 Å². The van der Waals surface area contributed by atoms with E-state index in [-0.39, 0.29) is 5.69 Å². The number of carbonyl (C=O) groups excluding carboxylic acids is 1. The standard InChI is InChI=1S/C10H16N4O2/c1-16-5-4-8-9(10(11)15)12-13-14(8)6-7-2-3-7/h7H,2-6H2,1H3,(H2,11,15). The molecule has 0 unspecified atom stereocenters. The van der Waals surface area contributed by atoms with Crippen LogP contribution in [-0.2, 0) is 17.7 Å². The molecule has 1 heterocycles. The van der Waals surface area contributed by atoms with Crippen LogP contribution in [0.25, 0.3) is 0 Å². The normalized spacial score (nSPS) is 15.3. The molecule has 0 aliphatic heterocycles. The van der Waals surface area contributed by atoms with E-state index < -0.39 is 5.91 Å². The van der Waals surface area contributed by atoms with E-state index in [1.165, 1.54) is 12.8 Å². The van der Waals surface area contributed by atoms with Gasteiger partial charge in [0, 0.05) is 20.1 Å². The minimum atomic E-state index is -0.520. The fourth-order valence-corrected chi connectivity index (χ4v) is 1.66. The van der Waals surface area contributed by atoms with E-state index in [1.807, 2.05) is 0 Å². The van der Waals surface area contributed by atoms with Crippen molar-refractivity contribution in [3.63, 3.8) is 0 Å². The molecule has 2 N–H and O–H groups in total. The van der Waals surface area contributed by atoms with Crippen molar-refractivity contribution >= 4 is 5.91 Å². The second kappa shape index (κ2) is 4.61. The average Bonchev–Trinajstić information content (AvgIpc) is 2.95. The summed E-state index contributed by atoms with van der Waals surface area (Å²) in [6, 6.07) is 0. The number of nitrogens with two attached hydrogens (primary N) is 1. The van der Waals surface area contributed by atoms with Gasteiger partial charge in [0.05, 0.1) is 12.3 Å². The first-order chi connectivity index (χ1) is 7.72. The smallest absolute Gasteiger partial charge is 0.271 e. The number of carbonyl (C=O) groups is 1. The molecule has 6 heteroatoms. The fraction of sp³-hybridized carbons (Fsp3) is 0.700. The van der Waals surface area contributed by atoms with E-state index in [1.54, 1.807) is 11.8 Å². The van der Waals surface area contributed by atoms with Crippen LogP contribution in [0.3, 0.4) is 0 Å². The molecule has 0 spiro atoms. The lowest BCUT2D eigenvalue weighted by molar-refractivity contribution is 0.0994. The predicted octanol–water partition coefficient (Wildman–Crippen LogP) is -0.0241. The second-order valence-corrected chi connectivity index (χ2v) is 4.12. The summed E-state index contributed by atoms with van der Waals surface area (Å²) in [4.78, 5) is 11.2. The summed E-state index contributed by atoms with van der Waals surface area (Å²) in [5, 5.41) is 7.81. The molecule has 0 saturated heterocycles. The molecule has 0 bridgehead atoms. The Balaban J connectivity index is 2.17. The van der Waals surface area contributed by atoms with Crippen molar-refractivity contribution in [2.75, 3.05) is 13.7 Å². The molecule has 0 atom stereocenters. The first-order valence-corrected chi connectivity index (χ1v) is 5.43. The summed E-state index contributed by atoms with van der Waals surface area (Å²) >= 11 is 0. The maximum atomic E-state index is 11.2. The molecule has 1 amide bonds. The van der Waals surface area contributed by atoms with Crippen molar-refractivity contribution in [1.29, 1.82) is 0 Å². The van der Waals surface area contributed by atoms with Gasteiger partial charge in [-0.25, -0.2) is 4.68 Å². The van der Waals surface area contributed by atoms with Gasteiger partial charge in [-0.1, -0.05) is 5.21 Å². The summed E-state index contributed by atoms with van der Waals surface area (Å²) in [7, 11) is 1.62. The van der Waals surface area contributed by atoms with Gasteiger partial charge >= 0.3 is 0 Å². The number of aromatic nitrogens is 3. The molecule has 88 valence electrons. The summed E-state index contributed by atoms with van der Waals surface area (Å²) < 4.78 is 6.79. The first-order valence-electron chi connectivity index (χ1n) is 5.43. The number of amides is 1. The molecule has 1 aliphatic carbocycles. The van der Waals surface area contributed by atoms with Gasteiger partial charge in [0.15, 0.2) is 5.69 Å². The third kappa shape index (κ3) is 2.38. The lowest BCUT2D eigenvalue weighted by Crippen LogP contribution is -2.17. The van der Waals surface area contributed by atoms with Crippen LogP contribution in [0.2, 0.25) is 0 Å². The van der Waals surface area contributed by atoms with Gasteiger partial charge in [-0.05, 0) is 18.8 Å². The third-order valence-corrected chi connectivity index (χ3v) is 2.74. The second-order valence-electron chi connectivity index (χ2n) is 4.12. The molecule has 2 rings (SSSR count). The monoisotopic (exact) mass is 224 g/mol. The zero-order valence-corrected chi connectivity index (χ0v) is 9.35. The molecular formula is C10H16N4O2. The Kier molecular flexibility index (Phi) is 3.19. The van der Waals surface area contributed by atoms with E-state index >= 15 is 0 Å². The van der Waals surface area contributed by atoms with Gasteiger partial charge in [-0.2, -0.15) is 0 Å². The molecule has 16 heavy (non-hydrogen) atoms. The van der Waals surface area contributed by atoms with E-state index in [9.17, 15) is 4.79 Å². The Morgan fingerprint density at radius 2 is 2.38 bits per heavy atom. The van der Waals surface area contributed by atoms with Crippen molar-refractivity contribution in [1.82, 2.24) is 15.0 Å². The van der Waals surface area contributed by atoms with Crippen molar-refractivity contribution < 1.29 is 9.53 Å². The Morgan fingerprint density at radius 1 is 1.62 bits per heavy atom. The number of primary amides is 1. The number of hydrogen-bond acceptors (Lipinski definition) is 4. The Bertz CT molecular complexity index is 384. The SMILES string of the molecule is COCCc1c(C(N)=O)nnn1CC1CC1. The maximum Gasteiger partial charge on any atom is 0.271 e. The molecule has 1 fully saturated rings. The molecule has 1 aromatic rings. The van der Waals surface area contributed by atoms with Gasteiger partial charge in [-0.15, -0.1) is 5.10 Å². The Hall–Kier alpha value is -1.43. The highest BCUT2D eigenvalue weighted by Crippen LogP contribution is 2.30. The molecular weight excluding hydrogens is 208 g/mol. The van der Waals surface area contributed by atoms with Crippen LogP contribution in [-0.4, -0.2) is 34.6 Å². The lowest BCUT2D eigenvalue weighted by atomic mass is 10.2. The summed E-state index contributed by atoms with van der Waals surface area (Å²) in [5.74, 6) is 0.164. The molecule has 1 aromatic heterocycles. The fourth-order valence-electron chi connectivity index (χ4n) is 1.66. The Morgan fingerprint density at radius 3 is 2.94 bits per heavy atom. The van der Waals surface area contributed by atoms with Gasteiger partial charge < -0.3 is 10.5 Å². The number of nitrogens with zero attached hydrogens (tertiary/aromatic N) is 3. The van der Waals surface area contributed by atoms with Crippen molar-refractivity contribution in [2.45, 2.75) is 25.8 Å². The maximum absolute atomic E-state index is 11.2. The van der Waals surface area contributed by atoms with E-state index in [4.69, 9.17) is 10.5 Å². The van der Waals surface area contributed by atoms with E-state index in [2.05, 4.69) is 10.3 Å². The first kappa shape index (κ1) is 11.1. The van der Waals surface area contributed by atoms with Gasteiger partial charge in [-0.3, -0.25) is 4.79 Å². The van der Waals surface area contributed by atoms with Gasteiger partial charge in [0.25, 0.3) is 5.91 Å². The quantitative estimate of drug-likeness (QED) is 0.735. The zero-order valence-electron chi connectivity index (χ0n) is 9.35. The predicted molar refractivity (Wildman–Crippen MR) is 56.8 cm³/mol. The molecule has 0 aromatic carbocycles. The number of ether oxygens (including phenoxy) is 1. The summed E-state index contributed by atoms with van der Waals surface area (Å²) in [6.07, 6.45) is 3.08. The number of hydrogen-bond donors (Lipinski definition) is 1. The van der Waals surface area contributed by atoms with Crippen LogP contribution in [0.1, 0.15) is 29.0 Å². The van der Waals surface area contributed by atoms with E-state index in [0.29, 0.717) is 18.9 Å². The topological polar surface area (TPSA) is 83.0 Å². The molecule has 0 radical (unpaired) electrons. The largest absolute Gasteiger partial charge is 0.384 e. The van der Waals surface area contributed by atoms with E-state index in [0.717, 1.165) is 12.2 Å². The highest BCUT2D eigenvalue weighted by atomic mass is 16.5. The van der Waals surface area contributed by atoms with Crippen LogP contribution in [0.4, 0.5) is 0 Å². The Labute approximate surface area is 93.8 Å². The van der Waals surface area contributed by atoms with Crippen LogP contribution >= 0.6 is 0 Å². The average molecular weight is 224 g/mol. The summed E-state index contributed by atoms with van der Waals surface area (Å²) in [5.41, 5.74) is 6.32. The van der Waals surface area contributed by atoms with Crippen molar-refractivity contribution in [3.8, 4) is 0 Å². The van der Waals surface area contributed by atoms with Crippen LogP contribution in [0.15, 0.2) is 0 Å². The highest BCUT2D eigenvalue weighted by molar-refractivity contribution is 5.91. The summed E-state index contributed by atoms with van der Waals surface area (Å²) in [6.45, 7) is 1.37. The molecule has 1 aliphatic rings. The molecule has 6 nitrogen and oxygen atoms in total. The van der Waals surface area contributed by atoms with Crippen molar-refractivity contribution in [2.24, 2.45) is 11.7 Å². The van der Waals surface area contributed by atoms with Crippen LogP contribution in [0.5, 0.6) is 0 Å². The highest BCUT2D eigenvalue weighted by Gasteiger charge is 2.25. The van der Waals surface area contributed by atoms with Crippen molar-refractivity contribution in [3.05, 3.63) is 11.4 Å². The molecule has 1 saturated carbocycles. The van der Waals surface area contributed by atoms with Crippen LogP contribution in [0, 0.1) is 5.92 Å². The minimum absolute atomic E-state index is 0.276. The lowest BCUT2D eigenvalue weighted by Gasteiger charge is -2.05. The van der Waals surface area contributed by atoms with Crippen LogP contribution < -0.4 is 5.73 Å². The van der Waals surface area contributed by atoms with Gasteiger partial charge in [0.2, 0.25) is 0 Å². The zero-order chi connectivity index (χ0) is 11.5. The minimum Gasteiger partial charge on any atom is -0.384 e. The number of rotatable bonds is 6. The number of methoxy groups -OCH3 is 1. The third-order valence-electron chi connectivity index (χ3n) is 2.74.